The smallest absolute Gasteiger partial charge is 0.236 e. The molecular formula is C13H21ClN2O. The zero-order valence-electron chi connectivity index (χ0n) is 10.3. The molecule has 0 aromatic heterocycles. The lowest BCUT2D eigenvalue weighted by Gasteiger charge is -2.15. The number of rotatable bonds is 6. The van der Waals surface area contributed by atoms with E-state index in [1.54, 1.807) is 11.9 Å². The van der Waals surface area contributed by atoms with E-state index >= 15 is 0 Å². The van der Waals surface area contributed by atoms with Crippen LogP contribution in [0.5, 0.6) is 0 Å². The summed E-state index contributed by atoms with van der Waals surface area (Å²) in [6, 6.07) is 10.4. The molecule has 3 nitrogen and oxygen atoms in total. The maximum absolute atomic E-state index is 11.2. The molecule has 0 fully saturated rings. The molecule has 0 unspecified atom stereocenters. The molecule has 0 saturated carbocycles. The van der Waals surface area contributed by atoms with Crippen LogP contribution in [-0.4, -0.2) is 30.9 Å². The summed E-state index contributed by atoms with van der Waals surface area (Å²) in [7, 11) is 1.80. The van der Waals surface area contributed by atoms with Crippen LogP contribution >= 0.6 is 12.4 Å². The third-order valence-electron chi connectivity index (χ3n) is 2.65. The number of aryl methyl sites for hydroxylation is 1. The molecule has 1 amide bonds. The predicted molar refractivity (Wildman–Crippen MR) is 73.3 cm³/mol. The van der Waals surface area contributed by atoms with Gasteiger partial charge in [-0.25, -0.2) is 0 Å². The van der Waals surface area contributed by atoms with Crippen LogP contribution in [0.1, 0.15) is 18.4 Å². The summed E-state index contributed by atoms with van der Waals surface area (Å²) in [5, 5.41) is 0. The van der Waals surface area contributed by atoms with Crippen molar-refractivity contribution in [2.24, 2.45) is 5.73 Å². The Morgan fingerprint density at radius 1 is 1.24 bits per heavy atom. The van der Waals surface area contributed by atoms with Gasteiger partial charge in [-0.05, 0) is 24.8 Å². The summed E-state index contributed by atoms with van der Waals surface area (Å²) in [5.74, 6) is 0.0136. The van der Waals surface area contributed by atoms with Gasteiger partial charge >= 0.3 is 0 Å². The van der Waals surface area contributed by atoms with E-state index in [9.17, 15) is 4.79 Å². The van der Waals surface area contributed by atoms with Gasteiger partial charge in [0.25, 0.3) is 0 Å². The third kappa shape index (κ3) is 6.29. The van der Waals surface area contributed by atoms with Gasteiger partial charge < -0.3 is 10.6 Å². The number of hydrogen-bond donors (Lipinski definition) is 1. The van der Waals surface area contributed by atoms with Gasteiger partial charge in [-0.2, -0.15) is 0 Å². The Kier molecular flexibility index (Phi) is 8.46. The standard InChI is InChI=1S/C13H20N2O.ClH/c1-15(13(16)11-14)10-6-5-9-12-7-3-2-4-8-12;/h2-4,7-8H,5-6,9-11,14H2,1H3;1H. The van der Waals surface area contributed by atoms with E-state index in [4.69, 9.17) is 5.73 Å². The minimum Gasteiger partial charge on any atom is -0.345 e. The number of nitrogens with zero attached hydrogens (tertiary/aromatic N) is 1. The lowest BCUT2D eigenvalue weighted by Crippen LogP contribution is -2.33. The first-order valence-corrected chi connectivity index (χ1v) is 5.72. The van der Waals surface area contributed by atoms with Crippen LogP contribution in [0.4, 0.5) is 0 Å². The molecule has 0 aliphatic carbocycles. The molecular weight excluding hydrogens is 236 g/mol. The fourth-order valence-corrected chi connectivity index (χ4v) is 1.60. The number of carbonyl (C=O) groups is 1. The quantitative estimate of drug-likeness (QED) is 0.790. The normalized spacial score (nSPS) is 9.53. The zero-order valence-corrected chi connectivity index (χ0v) is 11.1. The average Bonchev–Trinajstić information content (AvgIpc) is 2.34. The molecule has 0 radical (unpaired) electrons. The maximum Gasteiger partial charge on any atom is 0.236 e. The van der Waals surface area contributed by atoms with Crippen molar-refractivity contribution in [3.63, 3.8) is 0 Å². The second-order valence-electron chi connectivity index (χ2n) is 3.96. The summed E-state index contributed by atoms with van der Waals surface area (Å²) in [4.78, 5) is 12.9. The molecule has 0 aliphatic heterocycles. The molecule has 0 saturated heterocycles. The Labute approximate surface area is 109 Å². The van der Waals surface area contributed by atoms with Crippen molar-refractivity contribution in [1.82, 2.24) is 4.90 Å². The van der Waals surface area contributed by atoms with E-state index in [0.717, 1.165) is 25.8 Å². The minimum atomic E-state index is 0. The summed E-state index contributed by atoms with van der Waals surface area (Å²) in [6.45, 7) is 0.901. The molecule has 1 rings (SSSR count). The van der Waals surface area contributed by atoms with Crippen LogP contribution < -0.4 is 5.73 Å². The van der Waals surface area contributed by atoms with Gasteiger partial charge in [0, 0.05) is 13.6 Å². The van der Waals surface area contributed by atoms with E-state index in [2.05, 4.69) is 24.3 Å². The average molecular weight is 257 g/mol. The van der Waals surface area contributed by atoms with Crippen molar-refractivity contribution in [1.29, 1.82) is 0 Å². The molecule has 96 valence electrons. The number of likely N-dealkylation sites (N-methyl/N-ethyl adjacent to an activating group) is 1. The van der Waals surface area contributed by atoms with Crippen LogP contribution in [-0.2, 0) is 11.2 Å². The molecule has 0 heterocycles. The number of hydrogen-bond acceptors (Lipinski definition) is 2. The van der Waals surface area contributed by atoms with Crippen molar-refractivity contribution in [3.05, 3.63) is 35.9 Å². The van der Waals surface area contributed by atoms with Gasteiger partial charge in [-0.3, -0.25) is 4.79 Å². The Bertz CT molecular complexity index is 316. The van der Waals surface area contributed by atoms with Gasteiger partial charge in [0.15, 0.2) is 0 Å². The Morgan fingerprint density at radius 2 is 1.88 bits per heavy atom. The van der Waals surface area contributed by atoms with Crippen LogP contribution in [0.3, 0.4) is 0 Å². The van der Waals surface area contributed by atoms with Crippen LogP contribution in [0.15, 0.2) is 30.3 Å². The highest BCUT2D eigenvalue weighted by Gasteiger charge is 2.04. The number of carbonyl (C=O) groups excluding carboxylic acids is 1. The number of benzene rings is 1. The lowest BCUT2D eigenvalue weighted by molar-refractivity contribution is -0.128. The van der Waals surface area contributed by atoms with Crippen molar-refractivity contribution in [2.75, 3.05) is 20.1 Å². The van der Waals surface area contributed by atoms with Crippen molar-refractivity contribution < 1.29 is 4.79 Å². The number of amides is 1. The first-order chi connectivity index (χ1) is 7.74. The number of unbranched alkanes of at least 4 members (excludes halogenated alkanes) is 1. The van der Waals surface area contributed by atoms with Crippen molar-refractivity contribution in [2.45, 2.75) is 19.3 Å². The van der Waals surface area contributed by atoms with E-state index in [-0.39, 0.29) is 24.9 Å². The Balaban J connectivity index is 0.00000256. The zero-order chi connectivity index (χ0) is 11.8. The monoisotopic (exact) mass is 256 g/mol. The maximum atomic E-state index is 11.2. The van der Waals surface area contributed by atoms with Gasteiger partial charge in [0.1, 0.15) is 0 Å². The molecule has 0 spiro atoms. The minimum absolute atomic E-state index is 0. The molecule has 4 heteroatoms. The molecule has 0 atom stereocenters. The van der Waals surface area contributed by atoms with E-state index in [1.165, 1.54) is 5.56 Å². The van der Waals surface area contributed by atoms with Crippen molar-refractivity contribution in [3.8, 4) is 0 Å². The fraction of sp³-hybridized carbons (Fsp3) is 0.462. The van der Waals surface area contributed by atoms with E-state index in [0.29, 0.717) is 0 Å². The first kappa shape index (κ1) is 15.9. The highest BCUT2D eigenvalue weighted by atomic mass is 35.5. The fourth-order valence-electron chi connectivity index (χ4n) is 1.60. The molecule has 1 aromatic carbocycles. The van der Waals surface area contributed by atoms with Gasteiger partial charge in [-0.1, -0.05) is 30.3 Å². The van der Waals surface area contributed by atoms with Crippen LogP contribution in [0.25, 0.3) is 0 Å². The topological polar surface area (TPSA) is 46.3 Å². The van der Waals surface area contributed by atoms with Gasteiger partial charge in [0.05, 0.1) is 6.54 Å². The second kappa shape index (κ2) is 9.02. The SMILES string of the molecule is CN(CCCCc1ccccc1)C(=O)CN.Cl. The molecule has 2 N–H and O–H groups in total. The molecule has 1 aromatic rings. The summed E-state index contributed by atoms with van der Waals surface area (Å²) < 4.78 is 0. The van der Waals surface area contributed by atoms with Gasteiger partial charge in [-0.15, -0.1) is 12.4 Å². The summed E-state index contributed by atoms with van der Waals surface area (Å²) in [5.41, 5.74) is 6.63. The summed E-state index contributed by atoms with van der Waals surface area (Å²) in [6.07, 6.45) is 3.20. The molecule has 0 aliphatic rings. The highest BCUT2D eigenvalue weighted by molar-refractivity contribution is 5.85. The highest BCUT2D eigenvalue weighted by Crippen LogP contribution is 2.04. The molecule has 17 heavy (non-hydrogen) atoms. The largest absolute Gasteiger partial charge is 0.345 e. The third-order valence-corrected chi connectivity index (χ3v) is 2.65. The van der Waals surface area contributed by atoms with Crippen molar-refractivity contribution >= 4 is 18.3 Å². The van der Waals surface area contributed by atoms with Crippen LogP contribution in [0.2, 0.25) is 0 Å². The number of nitrogens with two attached hydrogens (primary N) is 1. The Morgan fingerprint density at radius 3 is 2.47 bits per heavy atom. The summed E-state index contributed by atoms with van der Waals surface area (Å²) >= 11 is 0. The van der Waals surface area contributed by atoms with E-state index in [1.807, 2.05) is 6.07 Å². The van der Waals surface area contributed by atoms with Gasteiger partial charge in [0.2, 0.25) is 5.91 Å². The lowest BCUT2D eigenvalue weighted by atomic mass is 10.1. The number of halogens is 1. The van der Waals surface area contributed by atoms with Crippen LogP contribution in [0, 0.1) is 0 Å². The predicted octanol–water partition coefficient (Wildman–Crippen LogP) is 1.85. The first-order valence-electron chi connectivity index (χ1n) is 5.72. The Hall–Kier alpha value is -1.06. The second-order valence-corrected chi connectivity index (χ2v) is 3.96. The van der Waals surface area contributed by atoms with E-state index < -0.39 is 0 Å². The molecule has 0 bridgehead atoms.